The second-order valence-corrected chi connectivity index (χ2v) is 12.5. The van der Waals surface area contributed by atoms with Crippen molar-refractivity contribution in [3.05, 3.63) is 46.8 Å². The zero-order chi connectivity index (χ0) is 24.8. The fraction of sp³-hybridized carbons (Fsp3) is 0.458. The molecule has 4 aliphatic carbocycles. The van der Waals surface area contributed by atoms with Gasteiger partial charge in [-0.15, -0.1) is 11.3 Å². The number of anilines is 1. The summed E-state index contributed by atoms with van der Waals surface area (Å²) >= 11 is 1.12. The summed E-state index contributed by atoms with van der Waals surface area (Å²) in [6, 6.07) is 7.23. The average Bonchev–Trinajstić information content (AvgIpc) is 3.25. The summed E-state index contributed by atoms with van der Waals surface area (Å²) in [5, 5.41) is 6.55. The predicted molar refractivity (Wildman–Crippen MR) is 130 cm³/mol. The third kappa shape index (κ3) is 4.85. The highest BCUT2D eigenvalue weighted by Crippen LogP contribution is 2.56. The van der Waals surface area contributed by atoms with Crippen LogP contribution in [0.1, 0.15) is 59.2 Å². The van der Waals surface area contributed by atoms with E-state index < -0.39 is 27.9 Å². The Morgan fingerprint density at radius 1 is 0.943 bits per heavy atom. The number of carbonyl (C=O) groups excluding carboxylic acids is 3. The van der Waals surface area contributed by atoms with Gasteiger partial charge in [0.25, 0.3) is 11.8 Å². The molecule has 6 rings (SSSR count). The van der Waals surface area contributed by atoms with Gasteiger partial charge < -0.3 is 10.1 Å². The van der Waals surface area contributed by atoms with Crippen molar-refractivity contribution in [1.82, 2.24) is 10.0 Å². The van der Waals surface area contributed by atoms with E-state index in [1.54, 1.807) is 5.38 Å². The Hall–Kier alpha value is -2.76. The molecule has 1 aromatic heterocycles. The summed E-state index contributed by atoms with van der Waals surface area (Å²) in [4.78, 5) is 36.4. The topological polar surface area (TPSA) is 131 Å². The van der Waals surface area contributed by atoms with Crippen molar-refractivity contribution in [2.45, 2.75) is 49.0 Å². The number of sulfonamides is 1. The number of hydrogen-bond donors (Lipinski definition) is 3. The van der Waals surface area contributed by atoms with Gasteiger partial charge in [-0.25, -0.2) is 17.9 Å². The maximum absolute atomic E-state index is 13.2. The van der Waals surface area contributed by atoms with Crippen LogP contribution in [-0.4, -0.2) is 39.0 Å². The number of carbonyl (C=O) groups is 3. The summed E-state index contributed by atoms with van der Waals surface area (Å²) in [6.45, 7) is 0. The van der Waals surface area contributed by atoms with Gasteiger partial charge in [-0.2, -0.15) is 0 Å². The SMILES string of the molecule is COC(=O)NC(=O)c1ccsc1NC(=O)c1ccc(S(=O)(=O)NC23CC4CC(CC(C4)C2)C3)cc1. The number of hydrogen-bond acceptors (Lipinski definition) is 7. The molecule has 1 heterocycles. The summed E-state index contributed by atoms with van der Waals surface area (Å²) in [5.41, 5.74) is 0.0171. The first-order chi connectivity index (χ1) is 16.7. The molecule has 1 aromatic carbocycles. The fourth-order valence-electron chi connectivity index (χ4n) is 6.34. The van der Waals surface area contributed by atoms with Crippen LogP contribution in [0.4, 0.5) is 9.80 Å². The van der Waals surface area contributed by atoms with Crippen molar-refractivity contribution < 1.29 is 27.5 Å². The molecule has 11 heteroatoms. The fourth-order valence-corrected chi connectivity index (χ4v) is 8.55. The van der Waals surface area contributed by atoms with Crippen molar-refractivity contribution >= 4 is 44.3 Å². The summed E-state index contributed by atoms with van der Waals surface area (Å²) in [5.74, 6) is 0.647. The number of ether oxygens (including phenoxy) is 1. The van der Waals surface area contributed by atoms with Crippen LogP contribution in [0, 0.1) is 17.8 Å². The van der Waals surface area contributed by atoms with Crippen LogP contribution in [0.2, 0.25) is 0 Å². The average molecular weight is 518 g/mol. The molecular formula is C24H27N3O6S2. The zero-order valence-electron chi connectivity index (χ0n) is 19.2. The van der Waals surface area contributed by atoms with E-state index in [0.717, 1.165) is 37.7 Å². The van der Waals surface area contributed by atoms with Gasteiger partial charge in [0.15, 0.2) is 0 Å². The lowest BCUT2D eigenvalue weighted by Gasteiger charge is -2.56. The van der Waals surface area contributed by atoms with E-state index in [1.807, 2.05) is 5.32 Å². The first-order valence-electron chi connectivity index (χ1n) is 11.6. The second-order valence-electron chi connectivity index (χ2n) is 9.89. The molecule has 2 aromatic rings. The summed E-state index contributed by atoms with van der Waals surface area (Å²) < 4.78 is 33.8. The molecule has 186 valence electrons. The molecule has 0 atom stereocenters. The molecule has 0 radical (unpaired) electrons. The van der Waals surface area contributed by atoms with Crippen molar-refractivity contribution in [2.75, 3.05) is 12.4 Å². The number of alkyl carbamates (subject to hydrolysis) is 1. The Kier molecular flexibility index (Phi) is 6.18. The highest BCUT2D eigenvalue weighted by atomic mass is 32.2. The Bertz CT molecular complexity index is 1230. The Morgan fingerprint density at radius 2 is 1.54 bits per heavy atom. The first-order valence-corrected chi connectivity index (χ1v) is 13.9. The molecule has 3 amide bonds. The number of imide groups is 1. The number of rotatable bonds is 6. The van der Waals surface area contributed by atoms with E-state index in [1.165, 1.54) is 49.6 Å². The van der Waals surface area contributed by atoms with E-state index >= 15 is 0 Å². The number of nitrogens with one attached hydrogen (secondary N) is 3. The van der Waals surface area contributed by atoms with E-state index in [4.69, 9.17) is 0 Å². The van der Waals surface area contributed by atoms with E-state index in [9.17, 15) is 22.8 Å². The molecule has 4 fully saturated rings. The molecule has 4 aliphatic rings. The largest absolute Gasteiger partial charge is 0.453 e. The molecule has 0 unspecified atom stereocenters. The van der Waals surface area contributed by atoms with Gasteiger partial charge in [0.05, 0.1) is 17.6 Å². The van der Waals surface area contributed by atoms with Crippen LogP contribution >= 0.6 is 11.3 Å². The van der Waals surface area contributed by atoms with Crippen LogP contribution in [0.25, 0.3) is 0 Å². The quantitative estimate of drug-likeness (QED) is 0.535. The standard InChI is InChI=1S/C24H27N3O6S2/c1-33-23(30)26-21(29)19-6-7-34-22(19)25-20(28)17-2-4-18(5-3-17)35(31,32)27-24-11-14-8-15(12-24)10-16(9-14)13-24/h2-7,14-16,27H,8-13H2,1H3,(H,25,28)(H,26,29,30). The van der Waals surface area contributed by atoms with Crippen LogP contribution < -0.4 is 15.4 Å². The lowest BCUT2D eigenvalue weighted by Crippen LogP contribution is -2.59. The van der Waals surface area contributed by atoms with Crippen molar-refractivity contribution in [3.8, 4) is 0 Å². The van der Waals surface area contributed by atoms with Crippen LogP contribution in [0.15, 0.2) is 40.6 Å². The lowest BCUT2D eigenvalue weighted by atomic mass is 9.53. The van der Waals surface area contributed by atoms with Crippen molar-refractivity contribution in [1.29, 1.82) is 0 Å². The third-order valence-electron chi connectivity index (χ3n) is 7.35. The minimum atomic E-state index is -3.72. The Labute approximate surface area is 207 Å². The van der Waals surface area contributed by atoms with E-state index in [2.05, 4.69) is 14.8 Å². The van der Waals surface area contributed by atoms with Gasteiger partial charge in [-0.3, -0.25) is 14.9 Å². The number of benzene rings is 1. The molecule has 0 aliphatic heterocycles. The van der Waals surface area contributed by atoms with Gasteiger partial charge in [0.1, 0.15) is 5.00 Å². The molecule has 3 N–H and O–H groups in total. The first kappa shape index (κ1) is 24.0. The maximum Gasteiger partial charge on any atom is 0.413 e. The third-order valence-corrected chi connectivity index (χ3v) is 9.78. The molecule has 0 saturated heterocycles. The van der Waals surface area contributed by atoms with Crippen LogP contribution in [-0.2, 0) is 14.8 Å². The Balaban J connectivity index is 1.26. The Morgan fingerprint density at radius 3 is 2.11 bits per heavy atom. The van der Waals surface area contributed by atoms with Gasteiger partial charge in [0, 0.05) is 11.1 Å². The summed E-state index contributed by atoms with van der Waals surface area (Å²) in [6.07, 6.45) is 5.49. The monoisotopic (exact) mass is 517 g/mol. The molecule has 4 bridgehead atoms. The predicted octanol–water partition coefficient (Wildman–Crippen LogP) is 3.74. The van der Waals surface area contributed by atoms with Gasteiger partial charge in [-0.05, 0) is 92.0 Å². The second kappa shape index (κ2) is 9.03. The number of amides is 3. The molecular weight excluding hydrogens is 490 g/mol. The highest BCUT2D eigenvalue weighted by Gasteiger charge is 2.52. The normalized spacial score (nSPS) is 26.8. The minimum absolute atomic E-state index is 0.118. The van der Waals surface area contributed by atoms with Gasteiger partial charge in [-0.1, -0.05) is 0 Å². The number of thiophene rings is 1. The summed E-state index contributed by atoms with van der Waals surface area (Å²) in [7, 11) is -2.58. The molecule has 0 spiro atoms. The smallest absolute Gasteiger partial charge is 0.413 e. The molecule has 9 nitrogen and oxygen atoms in total. The number of methoxy groups -OCH3 is 1. The minimum Gasteiger partial charge on any atom is -0.453 e. The van der Waals surface area contributed by atoms with Crippen molar-refractivity contribution in [2.24, 2.45) is 17.8 Å². The van der Waals surface area contributed by atoms with Gasteiger partial charge >= 0.3 is 6.09 Å². The zero-order valence-corrected chi connectivity index (χ0v) is 20.8. The lowest BCUT2D eigenvalue weighted by molar-refractivity contribution is -0.00811. The van der Waals surface area contributed by atoms with Gasteiger partial charge in [0.2, 0.25) is 10.0 Å². The van der Waals surface area contributed by atoms with Crippen LogP contribution in [0.3, 0.4) is 0 Å². The molecule has 4 saturated carbocycles. The van der Waals surface area contributed by atoms with E-state index in [-0.39, 0.29) is 26.6 Å². The van der Waals surface area contributed by atoms with Crippen LogP contribution in [0.5, 0.6) is 0 Å². The van der Waals surface area contributed by atoms with Crippen molar-refractivity contribution in [3.63, 3.8) is 0 Å². The highest BCUT2D eigenvalue weighted by molar-refractivity contribution is 7.89. The molecule has 35 heavy (non-hydrogen) atoms. The van der Waals surface area contributed by atoms with E-state index in [0.29, 0.717) is 17.8 Å². The maximum atomic E-state index is 13.2.